The Morgan fingerprint density at radius 3 is 2.68 bits per heavy atom. The minimum absolute atomic E-state index is 0.0906. The number of hydrogen-bond acceptors (Lipinski definition) is 3. The number of aryl methyl sites for hydroxylation is 1. The highest BCUT2D eigenvalue weighted by atomic mass is 16.5. The molecule has 1 saturated heterocycles. The number of carbonyl (C=O) groups is 2. The monoisotopic (exact) mass is 344 g/mol. The maximum absolute atomic E-state index is 12.9. The molecule has 3 rings (SSSR count). The van der Waals surface area contributed by atoms with E-state index in [1.807, 2.05) is 36.1 Å². The number of rotatable bonds is 6. The van der Waals surface area contributed by atoms with Crippen molar-refractivity contribution in [2.24, 2.45) is 5.92 Å². The number of methoxy groups -OCH3 is 1. The SMILES string of the molecule is COCCN1C(=O)CC[C@@H](C(=O)NC2CCC2)[C@@H]1c1ccccc1C. The Morgan fingerprint density at radius 2 is 2.04 bits per heavy atom. The third-order valence-electron chi connectivity index (χ3n) is 5.54. The number of nitrogens with zero attached hydrogens (tertiary/aromatic N) is 1. The number of likely N-dealkylation sites (tertiary alicyclic amines) is 1. The van der Waals surface area contributed by atoms with Gasteiger partial charge in [0.2, 0.25) is 11.8 Å². The van der Waals surface area contributed by atoms with Gasteiger partial charge < -0.3 is 15.0 Å². The average molecular weight is 344 g/mol. The maximum atomic E-state index is 12.9. The molecule has 2 aliphatic rings. The van der Waals surface area contributed by atoms with E-state index in [1.165, 1.54) is 6.42 Å². The van der Waals surface area contributed by atoms with Gasteiger partial charge in [-0.15, -0.1) is 0 Å². The molecule has 1 heterocycles. The Balaban J connectivity index is 1.89. The molecule has 0 bridgehead atoms. The molecule has 0 spiro atoms. The standard InChI is InChI=1S/C20H28N2O3/c1-14-6-3-4-9-16(14)19-17(20(24)21-15-7-5-8-15)10-11-18(23)22(19)12-13-25-2/h3-4,6,9,15,17,19H,5,7-8,10-13H2,1-2H3,(H,21,24)/t17-,19+/m1/s1. The fourth-order valence-electron chi connectivity index (χ4n) is 3.84. The lowest BCUT2D eigenvalue weighted by Crippen LogP contribution is -2.51. The summed E-state index contributed by atoms with van der Waals surface area (Å²) in [6, 6.07) is 8.17. The normalized spacial score (nSPS) is 24.1. The fourth-order valence-corrected chi connectivity index (χ4v) is 3.84. The first-order chi connectivity index (χ1) is 12.1. The molecule has 2 atom stereocenters. The molecular weight excluding hydrogens is 316 g/mol. The van der Waals surface area contributed by atoms with Crippen LogP contribution in [0.2, 0.25) is 0 Å². The van der Waals surface area contributed by atoms with Crippen molar-refractivity contribution in [1.82, 2.24) is 10.2 Å². The zero-order valence-corrected chi connectivity index (χ0v) is 15.2. The van der Waals surface area contributed by atoms with Gasteiger partial charge in [-0.2, -0.15) is 0 Å². The summed E-state index contributed by atoms with van der Waals surface area (Å²) in [4.78, 5) is 27.4. The third kappa shape index (κ3) is 3.87. The summed E-state index contributed by atoms with van der Waals surface area (Å²) in [5.74, 6) is 0.00197. The van der Waals surface area contributed by atoms with E-state index >= 15 is 0 Å². The van der Waals surface area contributed by atoms with Gasteiger partial charge in [-0.3, -0.25) is 9.59 Å². The lowest BCUT2D eigenvalue weighted by atomic mass is 9.81. The summed E-state index contributed by atoms with van der Waals surface area (Å²) in [6.45, 7) is 3.04. The second kappa shape index (κ2) is 8.00. The van der Waals surface area contributed by atoms with Gasteiger partial charge in [0.15, 0.2) is 0 Å². The van der Waals surface area contributed by atoms with Crippen LogP contribution in [0.15, 0.2) is 24.3 Å². The highest BCUT2D eigenvalue weighted by Gasteiger charge is 2.41. The van der Waals surface area contributed by atoms with Crippen LogP contribution < -0.4 is 5.32 Å². The molecule has 25 heavy (non-hydrogen) atoms. The zero-order valence-electron chi connectivity index (χ0n) is 15.2. The van der Waals surface area contributed by atoms with E-state index in [9.17, 15) is 9.59 Å². The molecule has 136 valence electrons. The van der Waals surface area contributed by atoms with Gasteiger partial charge in [-0.1, -0.05) is 24.3 Å². The van der Waals surface area contributed by atoms with E-state index < -0.39 is 0 Å². The molecule has 1 aliphatic carbocycles. The van der Waals surface area contributed by atoms with Crippen molar-refractivity contribution in [1.29, 1.82) is 0 Å². The lowest BCUT2D eigenvalue weighted by Gasteiger charge is -2.42. The van der Waals surface area contributed by atoms with Gasteiger partial charge >= 0.3 is 0 Å². The highest BCUT2D eigenvalue weighted by Crippen LogP contribution is 2.38. The number of hydrogen-bond donors (Lipinski definition) is 1. The van der Waals surface area contributed by atoms with Crippen LogP contribution in [0, 0.1) is 12.8 Å². The summed E-state index contributed by atoms with van der Waals surface area (Å²) in [5, 5.41) is 3.19. The zero-order chi connectivity index (χ0) is 17.8. The van der Waals surface area contributed by atoms with E-state index in [1.54, 1.807) is 7.11 Å². The van der Waals surface area contributed by atoms with Gasteiger partial charge in [-0.25, -0.2) is 0 Å². The second-order valence-corrected chi connectivity index (χ2v) is 7.16. The number of carbonyl (C=O) groups excluding carboxylic acids is 2. The average Bonchev–Trinajstić information content (AvgIpc) is 2.57. The first-order valence-electron chi connectivity index (χ1n) is 9.26. The predicted molar refractivity (Wildman–Crippen MR) is 96.0 cm³/mol. The van der Waals surface area contributed by atoms with Gasteiger partial charge in [0.25, 0.3) is 0 Å². The molecule has 1 N–H and O–H groups in total. The van der Waals surface area contributed by atoms with Gasteiger partial charge in [0.1, 0.15) is 0 Å². The fraction of sp³-hybridized carbons (Fsp3) is 0.600. The van der Waals surface area contributed by atoms with Crippen LogP contribution in [0.5, 0.6) is 0 Å². The number of piperidine rings is 1. The van der Waals surface area contributed by atoms with Gasteiger partial charge in [0, 0.05) is 26.1 Å². The molecule has 2 amide bonds. The number of nitrogens with one attached hydrogen (secondary N) is 1. The van der Waals surface area contributed by atoms with Crippen LogP contribution in [0.4, 0.5) is 0 Å². The minimum Gasteiger partial charge on any atom is -0.383 e. The first kappa shape index (κ1) is 17.9. The highest BCUT2D eigenvalue weighted by molar-refractivity contribution is 5.85. The van der Waals surface area contributed by atoms with Crippen molar-refractivity contribution in [2.75, 3.05) is 20.3 Å². The van der Waals surface area contributed by atoms with Crippen LogP contribution >= 0.6 is 0 Å². The Labute approximate surface area is 149 Å². The van der Waals surface area contributed by atoms with Crippen molar-refractivity contribution < 1.29 is 14.3 Å². The maximum Gasteiger partial charge on any atom is 0.225 e. The van der Waals surface area contributed by atoms with Gasteiger partial charge in [-0.05, 0) is 43.7 Å². The molecule has 1 aromatic carbocycles. The van der Waals surface area contributed by atoms with Crippen LogP contribution in [0.3, 0.4) is 0 Å². The van der Waals surface area contributed by atoms with Crippen molar-refractivity contribution in [3.8, 4) is 0 Å². The minimum atomic E-state index is -0.210. The summed E-state index contributed by atoms with van der Waals surface area (Å²) < 4.78 is 5.20. The molecular formula is C20H28N2O3. The van der Waals surface area contributed by atoms with Crippen molar-refractivity contribution >= 4 is 11.8 Å². The summed E-state index contributed by atoms with van der Waals surface area (Å²) in [7, 11) is 1.64. The van der Waals surface area contributed by atoms with E-state index in [2.05, 4.69) is 5.32 Å². The van der Waals surface area contributed by atoms with Gasteiger partial charge in [0.05, 0.1) is 18.6 Å². The molecule has 5 heteroatoms. The summed E-state index contributed by atoms with van der Waals surface area (Å²) >= 11 is 0. The molecule has 0 aromatic heterocycles. The van der Waals surface area contributed by atoms with Crippen LogP contribution in [-0.4, -0.2) is 43.0 Å². The Hall–Kier alpha value is -1.88. The third-order valence-corrected chi connectivity index (χ3v) is 5.54. The Kier molecular flexibility index (Phi) is 5.74. The number of amides is 2. The molecule has 1 saturated carbocycles. The molecule has 1 aliphatic heterocycles. The number of benzene rings is 1. The smallest absolute Gasteiger partial charge is 0.225 e. The van der Waals surface area contributed by atoms with E-state index in [-0.39, 0.29) is 23.8 Å². The van der Waals surface area contributed by atoms with Crippen molar-refractivity contribution in [3.63, 3.8) is 0 Å². The molecule has 0 radical (unpaired) electrons. The summed E-state index contributed by atoms with van der Waals surface area (Å²) in [5.41, 5.74) is 2.19. The van der Waals surface area contributed by atoms with Crippen molar-refractivity contribution in [2.45, 2.75) is 51.1 Å². The summed E-state index contributed by atoms with van der Waals surface area (Å²) in [6.07, 6.45) is 4.36. The largest absolute Gasteiger partial charge is 0.383 e. The predicted octanol–water partition coefficient (Wildman–Crippen LogP) is 2.59. The van der Waals surface area contributed by atoms with E-state index in [0.717, 1.165) is 24.0 Å². The van der Waals surface area contributed by atoms with Crippen LogP contribution in [0.25, 0.3) is 0 Å². The molecule has 2 fully saturated rings. The van der Waals surface area contributed by atoms with E-state index in [4.69, 9.17) is 4.74 Å². The first-order valence-corrected chi connectivity index (χ1v) is 9.26. The van der Waals surface area contributed by atoms with Crippen LogP contribution in [0.1, 0.15) is 49.3 Å². The van der Waals surface area contributed by atoms with Crippen LogP contribution in [-0.2, 0) is 14.3 Å². The van der Waals surface area contributed by atoms with Crippen molar-refractivity contribution in [3.05, 3.63) is 35.4 Å². The molecule has 5 nitrogen and oxygen atoms in total. The lowest BCUT2D eigenvalue weighted by molar-refractivity contribution is -0.144. The Bertz CT molecular complexity index is 627. The Morgan fingerprint density at radius 1 is 1.28 bits per heavy atom. The number of ether oxygens (including phenoxy) is 1. The van der Waals surface area contributed by atoms with E-state index in [0.29, 0.717) is 32.0 Å². The quantitative estimate of drug-likeness (QED) is 0.863. The molecule has 0 unspecified atom stereocenters. The topological polar surface area (TPSA) is 58.6 Å². The molecule has 1 aromatic rings. The second-order valence-electron chi connectivity index (χ2n) is 7.16.